The fraction of sp³-hybridized carbons (Fsp3) is 0.312. The van der Waals surface area contributed by atoms with Gasteiger partial charge in [-0.15, -0.1) is 0 Å². The van der Waals surface area contributed by atoms with E-state index in [4.69, 9.17) is 9.47 Å². The minimum absolute atomic E-state index is 0.141. The number of fused-ring (bicyclic) bond motifs is 5. The number of nitrogens with zero attached hydrogens (tertiary/aromatic N) is 1. The molecule has 198 valence electrons. The molecular weight excluding hydrogens is 494 g/mol. The first-order chi connectivity index (χ1) is 18.9. The average Bonchev–Trinajstić information content (AvgIpc) is 3.64. The molecule has 2 amide bonds. The largest absolute Gasteiger partial charge is 0.497 e. The summed E-state index contributed by atoms with van der Waals surface area (Å²) in [6.45, 7) is 1.52. The van der Waals surface area contributed by atoms with Crippen molar-refractivity contribution >= 4 is 29.3 Å². The van der Waals surface area contributed by atoms with Gasteiger partial charge in [-0.1, -0.05) is 36.4 Å². The zero-order valence-electron chi connectivity index (χ0n) is 21.8. The maximum atomic E-state index is 13.7. The van der Waals surface area contributed by atoms with E-state index in [1.54, 1.807) is 42.5 Å². The van der Waals surface area contributed by atoms with Crippen LogP contribution in [0.3, 0.4) is 0 Å². The number of benzene rings is 3. The Balaban J connectivity index is 1.18. The predicted octanol–water partition coefficient (Wildman–Crippen LogP) is 5.05. The molecule has 3 fully saturated rings. The van der Waals surface area contributed by atoms with Crippen LogP contribution in [0, 0.1) is 23.7 Å². The van der Waals surface area contributed by atoms with Crippen molar-refractivity contribution in [2.75, 3.05) is 12.0 Å². The molecule has 2 bridgehead atoms. The number of amides is 2. The topological polar surface area (TPSA) is 90.0 Å². The van der Waals surface area contributed by atoms with Gasteiger partial charge in [-0.3, -0.25) is 19.3 Å². The smallest absolute Gasteiger partial charge is 0.338 e. The number of hydrogen-bond donors (Lipinski definition) is 0. The van der Waals surface area contributed by atoms with Gasteiger partial charge in [0, 0.05) is 5.56 Å². The molecule has 0 spiro atoms. The Kier molecular flexibility index (Phi) is 6.29. The maximum absolute atomic E-state index is 13.7. The first-order valence-electron chi connectivity index (χ1n) is 13.3. The number of ketones is 1. The zero-order chi connectivity index (χ0) is 27.3. The molecule has 2 saturated carbocycles. The number of carbonyl (C=O) groups is 4. The standard InChI is InChI=1S/C32H29NO6/c1-18(29(34)20-11-13-24(38-2)14-12-20)39-32(37)21-9-6-10-23(15-21)33-30(35)27-22-16-25(19-7-4-3-5-8-19)26(17-22)28(27)31(33)36/h3-15,18,22,25-28H,16-17H2,1-2H3/t18-,22-,25-,26+,27+,28-/m0/s1. The van der Waals surface area contributed by atoms with Crippen LogP contribution in [0.25, 0.3) is 0 Å². The summed E-state index contributed by atoms with van der Waals surface area (Å²) in [6.07, 6.45) is 0.788. The fourth-order valence-corrected chi connectivity index (χ4v) is 6.84. The molecule has 7 heteroatoms. The first-order valence-corrected chi connectivity index (χ1v) is 13.3. The van der Waals surface area contributed by atoms with Crippen LogP contribution in [-0.4, -0.2) is 36.8 Å². The second-order valence-electron chi connectivity index (χ2n) is 10.7. The molecule has 3 aromatic carbocycles. The van der Waals surface area contributed by atoms with Gasteiger partial charge in [0.25, 0.3) is 0 Å². The Labute approximate surface area is 226 Å². The van der Waals surface area contributed by atoms with Crippen LogP contribution in [0.5, 0.6) is 5.75 Å². The van der Waals surface area contributed by atoms with Crippen molar-refractivity contribution in [3.63, 3.8) is 0 Å². The highest BCUT2D eigenvalue weighted by Gasteiger charge is 2.64. The van der Waals surface area contributed by atoms with Crippen molar-refractivity contribution in [2.24, 2.45) is 23.7 Å². The minimum atomic E-state index is -1.02. The van der Waals surface area contributed by atoms with Crippen molar-refractivity contribution < 1.29 is 28.7 Å². The van der Waals surface area contributed by atoms with Gasteiger partial charge in [-0.05, 0) is 85.5 Å². The van der Waals surface area contributed by atoms with Gasteiger partial charge in [-0.25, -0.2) is 4.79 Å². The van der Waals surface area contributed by atoms with Crippen LogP contribution in [0.4, 0.5) is 5.69 Å². The van der Waals surface area contributed by atoms with Crippen molar-refractivity contribution in [3.05, 3.63) is 95.6 Å². The lowest BCUT2D eigenvalue weighted by molar-refractivity contribution is -0.123. The molecule has 1 aliphatic heterocycles. The second-order valence-corrected chi connectivity index (χ2v) is 10.7. The van der Waals surface area contributed by atoms with E-state index in [2.05, 4.69) is 12.1 Å². The van der Waals surface area contributed by atoms with E-state index in [9.17, 15) is 19.2 Å². The Bertz CT molecular complexity index is 1450. The van der Waals surface area contributed by atoms with E-state index < -0.39 is 12.1 Å². The molecule has 7 nitrogen and oxygen atoms in total. The molecule has 0 radical (unpaired) electrons. The molecule has 1 heterocycles. The number of esters is 1. The number of hydrogen-bond acceptors (Lipinski definition) is 6. The monoisotopic (exact) mass is 523 g/mol. The number of anilines is 1. The summed E-state index contributed by atoms with van der Waals surface area (Å²) in [7, 11) is 1.54. The Morgan fingerprint density at radius 1 is 0.846 bits per heavy atom. The highest BCUT2D eigenvalue weighted by atomic mass is 16.5. The Hall–Kier alpha value is -4.26. The quantitative estimate of drug-likeness (QED) is 0.245. The van der Waals surface area contributed by atoms with Gasteiger partial charge in [0.2, 0.25) is 17.6 Å². The van der Waals surface area contributed by atoms with E-state index in [-0.39, 0.29) is 52.8 Å². The summed E-state index contributed by atoms with van der Waals surface area (Å²) in [4.78, 5) is 54.1. The van der Waals surface area contributed by atoms with Crippen molar-refractivity contribution in [1.82, 2.24) is 0 Å². The van der Waals surface area contributed by atoms with Crippen LogP contribution in [0.1, 0.15) is 52.0 Å². The molecule has 0 unspecified atom stereocenters. The van der Waals surface area contributed by atoms with Gasteiger partial charge in [0.05, 0.1) is 30.2 Å². The summed E-state index contributed by atoms with van der Waals surface area (Å²) >= 11 is 0. The Morgan fingerprint density at radius 2 is 1.56 bits per heavy atom. The number of imide groups is 1. The third-order valence-electron chi connectivity index (χ3n) is 8.61. The number of rotatable bonds is 7. The van der Waals surface area contributed by atoms with Crippen LogP contribution in [-0.2, 0) is 14.3 Å². The lowest BCUT2D eigenvalue weighted by Gasteiger charge is -2.28. The lowest BCUT2D eigenvalue weighted by atomic mass is 9.73. The van der Waals surface area contributed by atoms with Crippen LogP contribution < -0.4 is 9.64 Å². The number of ether oxygens (including phenoxy) is 2. The van der Waals surface area contributed by atoms with Crippen molar-refractivity contribution in [3.8, 4) is 5.75 Å². The van der Waals surface area contributed by atoms with E-state index in [1.807, 2.05) is 18.2 Å². The number of carbonyl (C=O) groups excluding carboxylic acids is 4. The molecule has 1 saturated heterocycles. The van der Waals surface area contributed by atoms with E-state index in [0.29, 0.717) is 17.0 Å². The third-order valence-corrected chi connectivity index (χ3v) is 8.61. The van der Waals surface area contributed by atoms with E-state index >= 15 is 0 Å². The van der Waals surface area contributed by atoms with Gasteiger partial charge in [0.15, 0.2) is 6.10 Å². The molecule has 6 rings (SSSR count). The summed E-state index contributed by atoms with van der Waals surface area (Å²) in [6, 6.07) is 23.1. The minimum Gasteiger partial charge on any atom is -0.497 e. The van der Waals surface area contributed by atoms with Crippen molar-refractivity contribution in [2.45, 2.75) is 31.8 Å². The third kappa shape index (κ3) is 4.22. The SMILES string of the molecule is COc1ccc(C(=O)[C@H](C)OC(=O)c2cccc(N3C(=O)[C@@H]4[C@@H]5C[C@@H]([C@@H]4C3=O)[C@H](c3ccccc3)C5)c2)cc1. The molecule has 0 aromatic heterocycles. The highest BCUT2D eigenvalue weighted by molar-refractivity contribution is 6.23. The molecule has 0 N–H and O–H groups in total. The molecular formula is C32H29NO6. The lowest BCUT2D eigenvalue weighted by Crippen LogP contribution is -2.33. The van der Waals surface area contributed by atoms with E-state index in [0.717, 1.165) is 12.8 Å². The van der Waals surface area contributed by atoms with Gasteiger partial charge < -0.3 is 9.47 Å². The highest BCUT2D eigenvalue weighted by Crippen LogP contribution is 2.61. The normalized spacial score (nSPS) is 25.9. The summed E-state index contributed by atoms with van der Waals surface area (Å²) in [5.74, 6) is -0.833. The van der Waals surface area contributed by atoms with Gasteiger partial charge in [0.1, 0.15) is 5.75 Å². The molecule has 3 aliphatic rings. The second kappa shape index (κ2) is 9.80. The number of Topliss-reactive ketones (excluding diaryl/α,β-unsaturated/α-hetero) is 1. The fourth-order valence-electron chi connectivity index (χ4n) is 6.84. The average molecular weight is 524 g/mol. The zero-order valence-corrected chi connectivity index (χ0v) is 21.8. The van der Waals surface area contributed by atoms with Crippen molar-refractivity contribution in [1.29, 1.82) is 0 Å². The van der Waals surface area contributed by atoms with Crippen LogP contribution in [0.15, 0.2) is 78.9 Å². The van der Waals surface area contributed by atoms with E-state index in [1.165, 1.54) is 30.6 Å². The summed E-state index contributed by atoms with van der Waals surface area (Å²) in [5.41, 5.74) is 2.15. The number of methoxy groups -OCH3 is 1. The maximum Gasteiger partial charge on any atom is 0.338 e. The molecule has 3 aromatic rings. The molecule has 39 heavy (non-hydrogen) atoms. The molecule has 6 atom stereocenters. The van der Waals surface area contributed by atoms with Gasteiger partial charge >= 0.3 is 5.97 Å². The first kappa shape index (κ1) is 25.0. The van der Waals surface area contributed by atoms with Crippen LogP contribution >= 0.6 is 0 Å². The van der Waals surface area contributed by atoms with Gasteiger partial charge in [-0.2, -0.15) is 0 Å². The van der Waals surface area contributed by atoms with Crippen LogP contribution in [0.2, 0.25) is 0 Å². The Morgan fingerprint density at radius 3 is 2.28 bits per heavy atom. The summed E-state index contributed by atoms with van der Waals surface area (Å²) < 4.78 is 10.6. The predicted molar refractivity (Wildman–Crippen MR) is 144 cm³/mol. The summed E-state index contributed by atoms with van der Waals surface area (Å²) in [5, 5.41) is 0. The molecule has 2 aliphatic carbocycles.